The molecule has 1 amide bonds. The summed E-state index contributed by atoms with van der Waals surface area (Å²) in [6.07, 6.45) is 2.14. The molecule has 0 spiro atoms. The van der Waals surface area contributed by atoms with Gasteiger partial charge in [-0.25, -0.2) is 8.42 Å². The van der Waals surface area contributed by atoms with Gasteiger partial charge in [-0.05, 0) is 24.1 Å². The lowest BCUT2D eigenvalue weighted by atomic mass is 10.2. The van der Waals surface area contributed by atoms with E-state index in [1.165, 1.54) is 18.0 Å². The summed E-state index contributed by atoms with van der Waals surface area (Å²) in [5, 5.41) is 0. The molecule has 2 rings (SSSR count). The molecule has 1 aliphatic rings. The molecule has 9 heteroatoms. The van der Waals surface area contributed by atoms with Crippen LogP contribution in [0.1, 0.15) is 12.0 Å². The van der Waals surface area contributed by atoms with Gasteiger partial charge in [-0.3, -0.25) is 9.69 Å². The van der Waals surface area contributed by atoms with E-state index in [2.05, 4.69) is 4.90 Å². The SMILES string of the molecule is CN(C)C(=S)SCC(=O)N1CCCN(Cc2ccc(S(C)(=O)=O)cc2)CC1. The first kappa shape index (κ1) is 22.1. The van der Waals surface area contributed by atoms with Gasteiger partial charge in [-0.1, -0.05) is 36.1 Å². The van der Waals surface area contributed by atoms with Crippen LogP contribution in [0.15, 0.2) is 29.2 Å². The second-order valence-corrected chi connectivity index (χ2v) is 10.5. The molecule has 150 valence electrons. The molecule has 0 radical (unpaired) electrons. The summed E-state index contributed by atoms with van der Waals surface area (Å²) in [6.45, 7) is 3.95. The fraction of sp³-hybridized carbons (Fsp3) is 0.556. The Labute approximate surface area is 171 Å². The molecule has 0 unspecified atom stereocenters. The van der Waals surface area contributed by atoms with Crippen LogP contribution in [0, 0.1) is 0 Å². The standard InChI is InChI=1S/C18H27N3O3S3/c1-19(2)18(25)26-14-17(22)21-10-4-9-20(11-12-21)13-15-5-7-16(8-6-15)27(3,23)24/h5-8H,4,9-14H2,1-3H3. The van der Waals surface area contributed by atoms with Crippen LogP contribution in [0.2, 0.25) is 0 Å². The number of carbonyl (C=O) groups is 1. The molecule has 0 bridgehead atoms. The number of benzene rings is 1. The number of hydrogen-bond acceptors (Lipinski definition) is 6. The van der Waals surface area contributed by atoms with Gasteiger partial charge in [0.2, 0.25) is 5.91 Å². The summed E-state index contributed by atoms with van der Waals surface area (Å²) in [4.78, 5) is 18.8. The number of amides is 1. The molecule has 0 N–H and O–H groups in total. The van der Waals surface area contributed by atoms with E-state index in [1.807, 2.05) is 36.0 Å². The van der Waals surface area contributed by atoms with Crippen molar-refractivity contribution in [1.29, 1.82) is 0 Å². The molecule has 1 aromatic rings. The number of rotatable bonds is 5. The van der Waals surface area contributed by atoms with E-state index >= 15 is 0 Å². The van der Waals surface area contributed by atoms with Gasteiger partial charge in [0.1, 0.15) is 4.32 Å². The zero-order chi connectivity index (χ0) is 20.0. The molecule has 0 saturated carbocycles. The maximum Gasteiger partial charge on any atom is 0.233 e. The Hall–Kier alpha value is -1.16. The predicted molar refractivity (Wildman–Crippen MR) is 115 cm³/mol. The third kappa shape index (κ3) is 7.06. The number of carbonyl (C=O) groups excluding carboxylic acids is 1. The summed E-state index contributed by atoms with van der Waals surface area (Å²) in [5.41, 5.74) is 1.08. The molecule has 1 aromatic carbocycles. The van der Waals surface area contributed by atoms with Gasteiger partial charge in [0, 0.05) is 53.1 Å². The zero-order valence-electron chi connectivity index (χ0n) is 16.1. The first-order valence-electron chi connectivity index (χ1n) is 8.80. The molecule has 0 atom stereocenters. The number of nitrogens with zero attached hydrogens (tertiary/aromatic N) is 3. The molecule has 27 heavy (non-hydrogen) atoms. The van der Waals surface area contributed by atoms with Crippen molar-refractivity contribution in [1.82, 2.24) is 14.7 Å². The Balaban J connectivity index is 1.85. The third-order valence-electron chi connectivity index (χ3n) is 4.38. The van der Waals surface area contributed by atoms with Crippen molar-refractivity contribution in [3.63, 3.8) is 0 Å². The second-order valence-electron chi connectivity index (χ2n) is 6.88. The van der Waals surface area contributed by atoms with Crippen LogP contribution in [-0.2, 0) is 21.2 Å². The van der Waals surface area contributed by atoms with Crippen LogP contribution in [0.25, 0.3) is 0 Å². The van der Waals surface area contributed by atoms with Crippen molar-refractivity contribution in [3.05, 3.63) is 29.8 Å². The normalized spacial score (nSPS) is 16.0. The van der Waals surface area contributed by atoms with Gasteiger partial charge < -0.3 is 9.80 Å². The van der Waals surface area contributed by atoms with Gasteiger partial charge in [0.05, 0.1) is 10.6 Å². The summed E-state index contributed by atoms with van der Waals surface area (Å²) in [7, 11) is 0.598. The van der Waals surface area contributed by atoms with E-state index in [-0.39, 0.29) is 5.91 Å². The third-order valence-corrected chi connectivity index (χ3v) is 7.23. The topological polar surface area (TPSA) is 60.9 Å². The van der Waals surface area contributed by atoms with E-state index in [0.29, 0.717) is 17.2 Å². The van der Waals surface area contributed by atoms with Crippen molar-refractivity contribution in [2.45, 2.75) is 17.9 Å². The first-order valence-corrected chi connectivity index (χ1v) is 12.1. The van der Waals surface area contributed by atoms with Crippen molar-refractivity contribution in [3.8, 4) is 0 Å². The van der Waals surface area contributed by atoms with Crippen LogP contribution < -0.4 is 0 Å². The van der Waals surface area contributed by atoms with Crippen LogP contribution >= 0.6 is 24.0 Å². The molecule has 1 saturated heterocycles. The summed E-state index contributed by atoms with van der Waals surface area (Å²) in [5.74, 6) is 0.507. The molecule has 0 aliphatic carbocycles. The Kier molecular flexibility index (Phi) is 8.08. The van der Waals surface area contributed by atoms with Crippen molar-refractivity contribution in [2.75, 3.05) is 52.3 Å². The first-order chi connectivity index (χ1) is 12.7. The monoisotopic (exact) mass is 429 g/mol. The van der Waals surface area contributed by atoms with Gasteiger partial charge in [0.25, 0.3) is 0 Å². The zero-order valence-corrected chi connectivity index (χ0v) is 18.5. The predicted octanol–water partition coefficient (Wildman–Crippen LogP) is 1.70. The highest BCUT2D eigenvalue weighted by Gasteiger charge is 2.20. The smallest absolute Gasteiger partial charge is 0.233 e. The minimum atomic E-state index is -3.16. The maximum atomic E-state index is 12.4. The number of thioether (sulfide) groups is 1. The van der Waals surface area contributed by atoms with Crippen LogP contribution in [0.4, 0.5) is 0 Å². The average Bonchev–Trinajstić information content (AvgIpc) is 2.84. The lowest BCUT2D eigenvalue weighted by Crippen LogP contribution is -2.36. The Morgan fingerprint density at radius 3 is 2.41 bits per heavy atom. The van der Waals surface area contributed by atoms with Gasteiger partial charge >= 0.3 is 0 Å². The highest BCUT2D eigenvalue weighted by Crippen LogP contribution is 2.14. The number of hydrogen-bond donors (Lipinski definition) is 0. The number of thiocarbonyl (C=S) groups is 1. The fourth-order valence-corrected chi connectivity index (χ4v) is 4.32. The summed E-state index contributed by atoms with van der Waals surface area (Å²) in [6, 6.07) is 7.04. The Bertz CT molecular complexity index is 764. The summed E-state index contributed by atoms with van der Waals surface area (Å²) < 4.78 is 23.8. The van der Waals surface area contributed by atoms with E-state index in [1.54, 1.807) is 12.1 Å². The van der Waals surface area contributed by atoms with Gasteiger partial charge in [0.15, 0.2) is 9.84 Å². The van der Waals surface area contributed by atoms with Gasteiger partial charge in [-0.2, -0.15) is 0 Å². The average molecular weight is 430 g/mol. The maximum absolute atomic E-state index is 12.4. The van der Waals surface area contributed by atoms with E-state index in [0.717, 1.165) is 42.5 Å². The molecular weight excluding hydrogens is 402 g/mol. The molecule has 6 nitrogen and oxygen atoms in total. The second kappa shape index (κ2) is 9.86. The lowest BCUT2D eigenvalue weighted by molar-refractivity contribution is -0.128. The fourth-order valence-electron chi connectivity index (χ4n) is 2.82. The molecule has 1 heterocycles. The highest BCUT2D eigenvalue weighted by molar-refractivity contribution is 8.23. The molecule has 1 fully saturated rings. The van der Waals surface area contributed by atoms with Crippen LogP contribution in [-0.4, -0.2) is 85.6 Å². The van der Waals surface area contributed by atoms with Crippen LogP contribution in [0.5, 0.6) is 0 Å². The van der Waals surface area contributed by atoms with Crippen molar-refractivity contribution < 1.29 is 13.2 Å². The summed E-state index contributed by atoms with van der Waals surface area (Å²) >= 11 is 6.62. The van der Waals surface area contributed by atoms with E-state index < -0.39 is 9.84 Å². The molecule has 0 aromatic heterocycles. The highest BCUT2D eigenvalue weighted by atomic mass is 32.2. The van der Waals surface area contributed by atoms with Crippen molar-refractivity contribution >= 4 is 44.0 Å². The molecule has 1 aliphatic heterocycles. The lowest BCUT2D eigenvalue weighted by Gasteiger charge is -2.22. The Morgan fingerprint density at radius 2 is 1.81 bits per heavy atom. The largest absolute Gasteiger partial charge is 0.364 e. The minimum Gasteiger partial charge on any atom is -0.364 e. The van der Waals surface area contributed by atoms with E-state index in [9.17, 15) is 13.2 Å². The minimum absolute atomic E-state index is 0.128. The van der Waals surface area contributed by atoms with Crippen LogP contribution in [0.3, 0.4) is 0 Å². The molecular formula is C18H27N3O3S3. The Morgan fingerprint density at radius 1 is 1.15 bits per heavy atom. The number of sulfone groups is 1. The van der Waals surface area contributed by atoms with Gasteiger partial charge in [-0.15, -0.1) is 0 Å². The quantitative estimate of drug-likeness (QED) is 0.660. The van der Waals surface area contributed by atoms with E-state index in [4.69, 9.17) is 12.2 Å². The van der Waals surface area contributed by atoms with Crippen molar-refractivity contribution in [2.24, 2.45) is 0 Å².